The van der Waals surface area contributed by atoms with Crippen molar-refractivity contribution in [3.05, 3.63) is 72.9 Å². The van der Waals surface area contributed by atoms with Crippen LogP contribution >= 0.6 is 7.82 Å². The zero-order chi connectivity index (χ0) is 36.8. The molecule has 0 bridgehead atoms. The third-order valence-electron chi connectivity index (χ3n) is 7.37. The second-order valence-electron chi connectivity index (χ2n) is 12.1. The first-order valence-electron chi connectivity index (χ1n) is 18.9. The predicted octanol–water partition coefficient (Wildman–Crippen LogP) is 10.3. The molecule has 286 valence electrons. The number of allylic oxidation sites excluding steroid dienone is 12. The first-order chi connectivity index (χ1) is 24.3. The normalized spacial score (nSPS) is 14.2. The smallest absolute Gasteiger partial charge is 0.462 e. The Morgan fingerprint density at radius 2 is 1.10 bits per heavy atom. The van der Waals surface area contributed by atoms with Gasteiger partial charge in [0, 0.05) is 19.4 Å². The molecule has 0 rings (SSSR count). The summed E-state index contributed by atoms with van der Waals surface area (Å²) in [5, 5.41) is 0. The predicted molar refractivity (Wildman–Crippen MR) is 206 cm³/mol. The van der Waals surface area contributed by atoms with Crippen molar-refractivity contribution >= 4 is 19.8 Å². The molecule has 3 N–H and O–H groups in total. The third-order valence-corrected chi connectivity index (χ3v) is 8.35. The van der Waals surface area contributed by atoms with Gasteiger partial charge < -0.3 is 20.1 Å². The highest BCUT2D eigenvalue weighted by molar-refractivity contribution is 7.47. The molecule has 0 saturated heterocycles. The summed E-state index contributed by atoms with van der Waals surface area (Å²) >= 11 is 0. The lowest BCUT2D eigenvalue weighted by atomic mass is 10.1. The molecule has 0 spiro atoms. The first-order valence-corrected chi connectivity index (χ1v) is 20.4. The number of rotatable bonds is 34. The van der Waals surface area contributed by atoms with E-state index >= 15 is 0 Å². The SMILES string of the molecule is CC/C=C\C/C=C\C/C=C\C/C=C\C/C=C\C/C=C\CCC(=O)OC(COC(=O)CCCCCCCCCCCC)COP(=O)(O)OCCN. The molecular formula is C40H68NO8P. The van der Waals surface area contributed by atoms with E-state index in [1.54, 1.807) is 0 Å². The summed E-state index contributed by atoms with van der Waals surface area (Å²) < 4.78 is 32.5. The van der Waals surface area contributed by atoms with Crippen LogP contribution in [-0.2, 0) is 32.7 Å². The van der Waals surface area contributed by atoms with E-state index in [9.17, 15) is 19.0 Å². The molecule has 0 aromatic rings. The van der Waals surface area contributed by atoms with Gasteiger partial charge in [-0.15, -0.1) is 0 Å². The van der Waals surface area contributed by atoms with Crippen LogP contribution in [0, 0.1) is 0 Å². The van der Waals surface area contributed by atoms with Gasteiger partial charge in [-0.25, -0.2) is 4.57 Å². The number of nitrogens with two attached hydrogens (primary N) is 1. The molecule has 0 radical (unpaired) electrons. The average molecular weight is 722 g/mol. The molecule has 0 saturated carbocycles. The number of phosphoric ester groups is 1. The molecule has 0 aliphatic heterocycles. The van der Waals surface area contributed by atoms with Crippen LogP contribution in [0.2, 0.25) is 0 Å². The van der Waals surface area contributed by atoms with Crippen molar-refractivity contribution in [2.24, 2.45) is 5.73 Å². The molecule has 0 aromatic heterocycles. The van der Waals surface area contributed by atoms with E-state index in [-0.39, 0.29) is 32.6 Å². The van der Waals surface area contributed by atoms with Crippen LogP contribution in [0.3, 0.4) is 0 Å². The summed E-state index contributed by atoms with van der Waals surface area (Å²) in [7, 11) is -4.39. The van der Waals surface area contributed by atoms with Crippen LogP contribution in [0.25, 0.3) is 0 Å². The number of carbonyl (C=O) groups is 2. The van der Waals surface area contributed by atoms with Crippen molar-refractivity contribution in [2.45, 2.75) is 142 Å². The van der Waals surface area contributed by atoms with E-state index < -0.39 is 32.5 Å². The van der Waals surface area contributed by atoms with Crippen LogP contribution in [0.15, 0.2) is 72.9 Å². The Morgan fingerprint density at radius 1 is 0.620 bits per heavy atom. The van der Waals surface area contributed by atoms with Crippen molar-refractivity contribution in [3.63, 3.8) is 0 Å². The summed E-state index contributed by atoms with van der Waals surface area (Å²) in [5.41, 5.74) is 5.32. The van der Waals surface area contributed by atoms with Gasteiger partial charge in [0.1, 0.15) is 6.61 Å². The molecule has 0 amide bonds. The van der Waals surface area contributed by atoms with Crippen molar-refractivity contribution < 1.29 is 37.6 Å². The largest absolute Gasteiger partial charge is 0.472 e. The molecule has 10 heteroatoms. The van der Waals surface area contributed by atoms with Gasteiger partial charge in [0.15, 0.2) is 6.10 Å². The van der Waals surface area contributed by atoms with E-state index in [0.29, 0.717) is 6.42 Å². The zero-order valence-electron chi connectivity index (χ0n) is 31.1. The van der Waals surface area contributed by atoms with E-state index in [2.05, 4.69) is 74.6 Å². The molecule has 50 heavy (non-hydrogen) atoms. The fourth-order valence-electron chi connectivity index (χ4n) is 4.60. The molecule has 2 atom stereocenters. The second kappa shape index (κ2) is 36.2. The van der Waals surface area contributed by atoms with Crippen LogP contribution in [0.1, 0.15) is 136 Å². The Bertz CT molecular complexity index is 1050. The van der Waals surface area contributed by atoms with Gasteiger partial charge in [-0.2, -0.15) is 0 Å². The summed E-state index contributed by atoms with van der Waals surface area (Å²) in [6.45, 7) is 3.48. The highest BCUT2D eigenvalue weighted by Crippen LogP contribution is 2.43. The van der Waals surface area contributed by atoms with E-state index in [1.165, 1.54) is 44.9 Å². The lowest BCUT2D eigenvalue weighted by Crippen LogP contribution is -2.29. The quantitative estimate of drug-likeness (QED) is 0.0288. The average Bonchev–Trinajstić information content (AvgIpc) is 3.10. The number of hydrogen-bond donors (Lipinski definition) is 2. The molecule has 0 fully saturated rings. The van der Waals surface area contributed by atoms with E-state index in [4.69, 9.17) is 24.3 Å². The Morgan fingerprint density at radius 3 is 1.60 bits per heavy atom. The number of phosphoric acid groups is 1. The number of ether oxygens (including phenoxy) is 2. The van der Waals surface area contributed by atoms with Crippen molar-refractivity contribution in [3.8, 4) is 0 Å². The minimum absolute atomic E-state index is 0.0392. The van der Waals surface area contributed by atoms with Gasteiger partial charge in [-0.05, 0) is 51.4 Å². The van der Waals surface area contributed by atoms with Gasteiger partial charge >= 0.3 is 19.8 Å². The summed E-state index contributed by atoms with van der Waals surface area (Å²) in [6.07, 6.45) is 42.4. The van der Waals surface area contributed by atoms with E-state index in [1.807, 2.05) is 12.2 Å². The maximum atomic E-state index is 12.5. The fraction of sp³-hybridized carbons (Fsp3) is 0.650. The minimum atomic E-state index is -4.39. The Balaban J connectivity index is 4.38. The number of hydrogen-bond acceptors (Lipinski definition) is 8. The van der Waals surface area contributed by atoms with Crippen LogP contribution < -0.4 is 5.73 Å². The molecule has 2 unspecified atom stereocenters. The Kier molecular flexibility index (Phi) is 34.4. The van der Waals surface area contributed by atoms with Gasteiger partial charge in [-0.1, -0.05) is 145 Å². The van der Waals surface area contributed by atoms with Crippen LogP contribution in [-0.4, -0.2) is 49.3 Å². The molecule has 9 nitrogen and oxygen atoms in total. The molecule has 0 heterocycles. The maximum Gasteiger partial charge on any atom is 0.472 e. The topological polar surface area (TPSA) is 134 Å². The van der Waals surface area contributed by atoms with Crippen molar-refractivity contribution in [1.82, 2.24) is 0 Å². The lowest BCUT2D eigenvalue weighted by molar-refractivity contribution is -0.161. The summed E-state index contributed by atoms with van der Waals surface area (Å²) in [6, 6.07) is 0. The molecule has 0 aliphatic rings. The van der Waals surface area contributed by atoms with Crippen LogP contribution in [0.5, 0.6) is 0 Å². The highest BCUT2D eigenvalue weighted by Gasteiger charge is 2.25. The van der Waals surface area contributed by atoms with Gasteiger partial charge in [0.2, 0.25) is 0 Å². The lowest BCUT2D eigenvalue weighted by Gasteiger charge is -2.19. The molecule has 0 aliphatic carbocycles. The Labute approximate surface area is 303 Å². The molecule has 0 aromatic carbocycles. The Hall–Kier alpha value is -2.55. The van der Waals surface area contributed by atoms with Crippen LogP contribution in [0.4, 0.5) is 0 Å². The number of unbranched alkanes of at least 4 members (excludes halogenated alkanes) is 9. The zero-order valence-corrected chi connectivity index (χ0v) is 32.0. The molecular weight excluding hydrogens is 653 g/mol. The van der Waals surface area contributed by atoms with Crippen molar-refractivity contribution in [2.75, 3.05) is 26.4 Å². The number of carbonyl (C=O) groups excluding carboxylic acids is 2. The maximum absolute atomic E-state index is 12.5. The number of esters is 2. The second-order valence-corrected chi connectivity index (χ2v) is 13.5. The fourth-order valence-corrected chi connectivity index (χ4v) is 5.36. The third kappa shape index (κ3) is 35.3. The minimum Gasteiger partial charge on any atom is -0.462 e. The summed E-state index contributed by atoms with van der Waals surface area (Å²) in [5.74, 6) is -0.935. The van der Waals surface area contributed by atoms with Gasteiger partial charge in [0.25, 0.3) is 0 Å². The monoisotopic (exact) mass is 721 g/mol. The van der Waals surface area contributed by atoms with Crippen molar-refractivity contribution in [1.29, 1.82) is 0 Å². The first kappa shape index (κ1) is 47.4. The van der Waals surface area contributed by atoms with E-state index in [0.717, 1.165) is 57.8 Å². The highest BCUT2D eigenvalue weighted by atomic mass is 31.2. The standard InChI is InChI=1S/C40H68NO8P/c1-3-5-7-9-11-13-15-16-17-18-19-20-21-22-23-25-27-29-31-33-40(43)49-38(37-48-50(44,45)47-35-34-41)36-46-39(42)32-30-28-26-24-14-12-10-8-6-4-2/h5,7,11,13,16-17,19-20,22-23,27,29,38H,3-4,6,8-10,12,14-15,18,21,24-26,28,30-37,41H2,1-2H3,(H,44,45)/b7-5-,13-11-,17-16-,20-19-,23-22-,29-27-. The van der Waals surface area contributed by atoms with Gasteiger partial charge in [0.05, 0.1) is 13.2 Å². The summed E-state index contributed by atoms with van der Waals surface area (Å²) in [4.78, 5) is 34.6. The van der Waals surface area contributed by atoms with Gasteiger partial charge in [-0.3, -0.25) is 18.6 Å².